The van der Waals surface area contributed by atoms with Crippen molar-refractivity contribution in [3.63, 3.8) is 0 Å². The molecule has 0 spiro atoms. The van der Waals surface area contributed by atoms with Gasteiger partial charge in [-0.05, 0) is 32.0 Å². The first-order chi connectivity index (χ1) is 8.95. The summed E-state index contributed by atoms with van der Waals surface area (Å²) in [6, 6.07) is 4.71. The van der Waals surface area contributed by atoms with Crippen molar-refractivity contribution in [1.29, 1.82) is 0 Å². The molecule has 0 aliphatic heterocycles. The summed E-state index contributed by atoms with van der Waals surface area (Å²) < 4.78 is 5.45. The zero-order chi connectivity index (χ0) is 14.4. The number of carbonyl (C=O) groups is 2. The second kappa shape index (κ2) is 6.95. The van der Waals surface area contributed by atoms with E-state index in [-0.39, 0.29) is 11.7 Å². The lowest BCUT2D eigenvalue weighted by molar-refractivity contribution is -0.127. The first-order valence-electron chi connectivity index (χ1n) is 5.81. The Labute approximate surface area is 117 Å². The minimum absolute atomic E-state index is 0.0785. The molecule has 0 radical (unpaired) electrons. The van der Waals surface area contributed by atoms with Gasteiger partial charge in [0.25, 0.3) is 5.91 Å². The number of benzene rings is 1. The van der Waals surface area contributed by atoms with E-state index in [2.05, 4.69) is 11.9 Å². The monoisotopic (exact) mass is 281 g/mol. The number of carbonyl (C=O) groups excluding carboxylic acids is 2. The molecule has 1 aromatic carbocycles. The zero-order valence-electron chi connectivity index (χ0n) is 10.9. The molecule has 0 aliphatic rings. The predicted octanol–water partition coefficient (Wildman–Crippen LogP) is 2.61. The molecule has 1 amide bonds. The largest absolute Gasteiger partial charge is 0.479 e. The quantitative estimate of drug-likeness (QED) is 0.644. The first kappa shape index (κ1) is 15.2. The van der Waals surface area contributed by atoms with E-state index in [0.717, 1.165) is 0 Å². The van der Waals surface area contributed by atoms with E-state index >= 15 is 0 Å². The van der Waals surface area contributed by atoms with E-state index in [1.165, 1.54) is 13.0 Å². The number of ketones is 1. The van der Waals surface area contributed by atoms with Gasteiger partial charge in [-0.25, -0.2) is 0 Å². The number of Topliss-reactive ketones (excluding diaryl/α,β-unsaturated/α-hetero) is 1. The van der Waals surface area contributed by atoms with Crippen molar-refractivity contribution in [3.8, 4) is 5.75 Å². The number of hydrogen-bond acceptors (Lipinski definition) is 3. The van der Waals surface area contributed by atoms with Gasteiger partial charge in [0.05, 0.1) is 5.02 Å². The van der Waals surface area contributed by atoms with Crippen LogP contribution in [0.2, 0.25) is 5.02 Å². The molecular formula is C14H16ClNO3. The first-order valence-corrected chi connectivity index (χ1v) is 6.19. The highest BCUT2D eigenvalue weighted by molar-refractivity contribution is 6.32. The summed E-state index contributed by atoms with van der Waals surface area (Å²) in [4.78, 5) is 22.8. The Bertz CT molecular complexity index is 499. The van der Waals surface area contributed by atoms with Gasteiger partial charge in [-0.1, -0.05) is 17.7 Å². The van der Waals surface area contributed by atoms with Crippen LogP contribution < -0.4 is 10.1 Å². The molecule has 0 fully saturated rings. The van der Waals surface area contributed by atoms with Crippen LogP contribution in [0.5, 0.6) is 5.75 Å². The molecule has 102 valence electrons. The summed E-state index contributed by atoms with van der Waals surface area (Å²) in [5.41, 5.74) is 0.501. The lowest BCUT2D eigenvalue weighted by Crippen LogP contribution is -2.36. The van der Waals surface area contributed by atoms with Crippen LogP contribution in [0.1, 0.15) is 24.2 Å². The minimum atomic E-state index is -0.680. The van der Waals surface area contributed by atoms with Gasteiger partial charge in [0.2, 0.25) is 0 Å². The molecule has 0 bridgehead atoms. The fourth-order valence-corrected chi connectivity index (χ4v) is 1.60. The highest BCUT2D eigenvalue weighted by atomic mass is 35.5. The molecule has 4 nitrogen and oxygen atoms in total. The third-order valence-corrected chi connectivity index (χ3v) is 2.73. The number of hydrogen-bond donors (Lipinski definition) is 1. The molecule has 1 unspecified atom stereocenters. The second-order valence-corrected chi connectivity index (χ2v) is 4.40. The van der Waals surface area contributed by atoms with Crippen molar-refractivity contribution in [3.05, 3.63) is 41.4 Å². The normalized spacial score (nSPS) is 11.5. The lowest BCUT2D eigenvalue weighted by Gasteiger charge is -2.15. The average Bonchev–Trinajstić information content (AvgIpc) is 2.37. The number of halogens is 1. The van der Waals surface area contributed by atoms with Crippen molar-refractivity contribution >= 4 is 23.3 Å². The Morgan fingerprint density at radius 1 is 1.53 bits per heavy atom. The van der Waals surface area contributed by atoms with Crippen LogP contribution >= 0.6 is 11.6 Å². The number of rotatable bonds is 6. The van der Waals surface area contributed by atoms with Crippen molar-refractivity contribution < 1.29 is 14.3 Å². The van der Waals surface area contributed by atoms with E-state index < -0.39 is 6.10 Å². The third-order valence-electron chi connectivity index (χ3n) is 2.43. The summed E-state index contributed by atoms with van der Waals surface area (Å²) in [7, 11) is 0. The van der Waals surface area contributed by atoms with Crippen LogP contribution in [0.15, 0.2) is 30.9 Å². The topological polar surface area (TPSA) is 55.4 Å². The summed E-state index contributed by atoms with van der Waals surface area (Å²) in [6.07, 6.45) is 0.903. The van der Waals surface area contributed by atoms with Gasteiger partial charge >= 0.3 is 0 Å². The molecule has 1 N–H and O–H groups in total. The van der Waals surface area contributed by atoms with Crippen LogP contribution in [0.4, 0.5) is 0 Å². The van der Waals surface area contributed by atoms with Gasteiger partial charge in [-0.15, -0.1) is 6.58 Å². The summed E-state index contributed by atoms with van der Waals surface area (Å²) in [6.45, 7) is 6.96. The highest BCUT2D eigenvalue weighted by Gasteiger charge is 2.15. The Balaban J connectivity index is 2.74. The third kappa shape index (κ3) is 4.41. The minimum Gasteiger partial charge on any atom is -0.479 e. The Hall–Kier alpha value is -1.81. The molecule has 5 heteroatoms. The summed E-state index contributed by atoms with van der Waals surface area (Å²) in [5, 5.41) is 2.92. The molecule has 0 saturated heterocycles. The summed E-state index contributed by atoms with van der Waals surface area (Å²) >= 11 is 6.00. The van der Waals surface area contributed by atoms with Crippen LogP contribution in [-0.2, 0) is 4.79 Å². The standard InChI is InChI=1S/C14H16ClNO3/c1-4-7-16-14(18)10(3)19-13-6-5-11(9(2)17)8-12(13)15/h4-6,8,10H,1,7H2,2-3H3,(H,16,18). The van der Waals surface area contributed by atoms with Crippen molar-refractivity contribution in [2.75, 3.05) is 6.54 Å². The lowest BCUT2D eigenvalue weighted by atomic mass is 10.1. The molecule has 1 atom stereocenters. The maximum absolute atomic E-state index is 11.6. The van der Waals surface area contributed by atoms with E-state index in [1.54, 1.807) is 25.1 Å². The van der Waals surface area contributed by atoms with E-state index in [9.17, 15) is 9.59 Å². The van der Waals surface area contributed by atoms with Gasteiger partial charge in [0.15, 0.2) is 11.9 Å². The summed E-state index contributed by atoms with van der Waals surface area (Å²) in [5.74, 6) is 0.0322. The number of ether oxygens (including phenoxy) is 1. The van der Waals surface area contributed by atoms with Gasteiger partial charge in [-0.3, -0.25) is 9.59 Å². The van der Waals surface area contributed by atoms with Crippen LogP contribution in [0.3, 0.4) is 0 Å². The molecular weight excluding hydrogens is 266 g/mol. The van der Waals surface area contributed by atoms with Gasteiger partial charge in [-0.2, -0.15) is 0 Å². The fraction of sp³-hybridized carbons (Fsp3) is 0.286. The maximum atomic E-state index is 11.6. The van der Waals surface area contributed by atoms with Crippen molar-refractivity contribution in [2.45, 2.75) is 20.0 Å². The Kier molecular flexibility index (Phi) is 5.57. The molecule has 1 rings (SSSR count). The van der Waals surface area contributed by atoms with E-state index in [4.69, 9.17) is 16.3 Å². The average molecular weight is 282 g/mol. The highest BCUT2D eigenvalue weighted by Crippen LogP contribution is 2.26. The zero-order valence-corrected chi connectivity index (χ0v) is 11.7. The van der Waals surface area contributed by atoms with Crippen LogP contribution in [0, 0.1) is 0 Å². The second-order valence-electron chi connectivity index (χ2n) is 4.00. The molecule has 19 heavy (non-hydrogen) atoms. The molecule has 0 heterocycles. The Morgan fingerprint density at radius 2 is 2.21 bits per heavy atom. The Morgan fingerprint density at radius 3 is 2.74 bits per heavy atom. The number of amides is 1. The molecule has 1 aromatic rings. The van der Waals surface area contributed by atoms with Gasteiger partial charge in [0, 0.05) is 12.1 Å². The fourth-order valence-electron chi connectivity index (χ4n) is 1.38. The SMILES string of the molecule is C=CCNC(=O)C(C)Oc1ccc(C(C)=O)cc1Cl. The smallest absolute Gasteiger partial charge is 0.261 e. The van der Waals surface area contributed by atoms with Crippen LogP contribution in [0.25, 0.3) is 0 Å². The molecule has 0 saturated carbocycles. The van der Waals surface area contributed by atoms with Gasteiger partial charge < -0.3 is 10.1 Å². The molecule has 0 aliphatic carbocycles. The van der Waals surface area contributed by atoms with Crippen LogP contribution in [-0.4, -0.2) is 24.3 Å². The predicted molar refractivity (Wildman–Crippen MR) is 74.8 cm³/mol. The van der Waals surface area contributed by atoms with E-state index in [1.807, 2.05) is 0 Å². The van der Waals surface area contributed by atoms with Crippen molar-refractivity contribution in [2.24, 2.45) is 0 Å². The van der Waals surface area contributed by atoms with Crippen molar-refractivity contribution in [1.82, 2.24) is 5.32 Å². The van der Waals surface area contributed by atoms with E-state index in [0.29, 0.717) is 22.9 Å². The number of nitrogens with one attached hydrogen (secondary N) is 1. The maximum Gasteiger partial charge on any atom is 0.261 e. The van der Waals surface area contributed by atoms with Gasteiger partial charge in [0.1, 0.15) is 5.75 Å². The molecule has 0 aromatic heterocycles.